The SMILES string of the molecule is CCC(C#N)c1nccs1. The minimum atomic E-state index is -0.000000000000000444. The number of hydrogen-bond acceptors (Lipinski definition) is 3. The summed E-state index contributed by atoms with van der Waals surface area (Å²) in [5.74, 6) is -0.000000000000000444. The normalized spacial score (nSPS) is 12.4. The molecule has 3 heteroatoms. The van der Waals surface area contributed by atoms with Crippen LogP contribution in [0.4, 0.5) is 0 Å². The van der Waals surface area contributed by atoms with E-state index in [9.17, 15) is 0 Å². The predicted molar refractivity (Wildman–Crippen MR) is 40.8 cm³/mol. The zero-order valence-corrected chi connectivity index (χ0v) is 6.56. The van der Waals surface area contributed by atoms with Gasteiger partial charge in [-0.25, -0.2) is 4.98 Å². The van der Waals surface area contributed by atoms with Crippen molar-refractivity contribution in [3.63, 3.8) is 0 Å². The molecule has 0 spiro atoms. The first kappa shape index (κ1) is 7.23. The minimum Gasteiger partial charge on any atom is -0.248 e. The Hall–Kier alpha value is -0.880. The number of nitriles is 1. The topological polar surface area (TPSA) is 36.7 Å². The Morgan fingerprint density at radius 1 is 1.90 bits per heavy atom. The lowest BCUT2D eigenvalue weighted by Gasteiger charge is -1.97. The average molecular weight is 152 g/mol. The molecule has 0 fully saturated rings. The Balaban J connectivity index is 2.76. The highest BCUT2D eigenvalue weighted by molar-refractivity contribution is 7.09. The lowest BCUT2D eigenvalue weighted by Crippen LogP contribution is -1.90. The monoisotopic (exact) mass is 152 g/mol. The summed E-state index contributed by atoms with van der Waals surface area (Å²) in [5, 5.41) is 11.4. The fraction of sp³-hybridized carbons (Fsp3) is 0.429. The standard InChI is InChI=1S/C7H8N2S/c1-2-6(5-8)7-9-3-4-10-7/h3-4,6H,2H2,1H3. The Morgan fingerprint density at radius 3 is 3.10 bits per heavy atom. The smallest absolute Gasteiger partial charge is 0.110 e. The van der Waals surface area contributed by atoms with Crippen LogP contribution in [0, 0.1) is 11.3 Å². The van der Waals surface area contributed by atoms with Crippen LogP contribution < -0.4 is 0 Å². The zero-order valence-electron chi connectivity index (χ0n) is 5.74. The predicted octanol–water partition coefficient (Wildman–Crippen LogP) is 2.16. The second-order valence-electron chi connectivity index (χ2n) is 1.96. The molecule has 0 N–H and O–H groups in total. The van der Waals surface area contributed by atoms with Crippen molar-refractivity contribution < 1.29 is 0 Å². The van der Waals surface area contributed by atoms with Crippen molar-refractivity contribution in [2.24, 2.45) is 0 Å². The summed E-state index contributed by atoms with van der Waals surface area (Å²) in [6.07, 6.45) is 2.59. The summed E-state index contributed by atoms with van der Waals surface area (Å²) >= 11 is 1.55. The summed E-state index contributed by atoms with van der Waals surface area (Å²) < 4.78 is 0. The maximum Gasteiger partial charge on any atom is 0.110 e. The lowest BCUT2D eigenvalue weighted by atomic mass is 10.1. The molecule has 52 valence electrons. The maximum absolute atomic E-state index is 8.61. The Morgan fingerprint density at radius 2 is 2.70 bits per heavy atom. The second-order valence-corrected chi connectivity index (χ2v) is 2.89. The van der Waals surface area contributed by atoms with E-state index in [4.69, 9.17) is 5.26 Å². The van der Waals surface area contributed by atoms with E-state index in [0.717, 1.165) is 11.4 Å². The summed E-state index contributed by atoms with van der Waals surface area (Å²) in [6.45, 7) is 2.00. The summed E-state index contributed by atoms with van der Waals surface area (Å²) in [4.78, 5) is 4.05. The Labute approximate surface area is 64.1 Å². The van der Waals surface area contributed by atoms with Gasteiger partial charge in [0.05, 0.1) is 12.0 Å². The zero-order chi connectivity index (χ0) is 7.40. The van der Waals surface area contributed by atoms with Gasteiger partial charge in [-0.3, -0.25) is 0 Å². The molecule has 0 radical (unpaired) electrons. The Kier molecular flexibility index (Phi) is 2.41. The van der Waals surface area contributed by atoms with Crippen LogP contribution in [0.15, 0.2) is 11.6 Å². The van der Waals surface area contributed by atoms with E-state index in [1.807, 2.05) is 12.3 Å². The van der Waals surface area contributed by atoms with Crippen LogP contribution in [0.1, 0.15) is 24.3 Å². The molecule has 1 atom stereocenters. The highest BCUT2D eigenvalue weighted by Crippen LogP contribution is 2.19. The van der Waals surface area contributed by atoms with Crippen LogP contribution in [0.5, 0.6) is 0 Å². The van der Waals surface area contributed by atoms with Gasteiger partial charge in [0.1, 0.15) is 5.01 Å². The van der Waals surface area contributed by atoms with Crippen molar-refractivity contribution in [1.29, 1.82) is 5.26 Å². The van der Waals surface area contributed by atoms with E-state index in [1.165, 1.54) is 0 Å². The van der Waals surface area contributed by atoms with E-state index < -0.39 is 0 Å². The molecule has 0 aliphatic rings. The van der Waals surface area contributed by atoms with Crippen molar-refractivity contribution >= 4 is 11.3 Å². The third-order valence-corrected chi connectivity index (χ3v) is 2.20. The quantitative estimate of drug-likeness (QED) is 0.651. The average Bonchev–Trinajstić information content (AvgIpc) is 2.43. The molecule has 1 heterocycles. The Bertz CT molecular complexity index is 222. The lowest BCUT2D eigenvalue weighted by molar-refractivity contribution is 0.809. The van der Waals surface area contributed by atoms with Crippen LogP contribution in [0.25, 0.3) is 0 Å². The first-order valence-electron chi connectivity index (χ1n) is 3.17. The van der Waals surface area contributed by atoms with Gasteiger partial charge in [-0.1, -0.05) is 6.92 Å². The van der Waals surface area contributed by atoms with Gasteiger partial charge in [-0.05, 0) is 6.42 Å². The number of aromatic nitrogens is 1. The number of thiazole rings is 1. The fourth-order valence-corrected chi connectivity index (χ4v) is 1.49. The van der Waals surface area contributed by atoms with Crippen molar-refractivity contribution in [2.75, 3.05) is 0 Å². The van der Waals surface area contributed by atoms with E-state index in [0.29, 0.717) is 0 Å². The molecule has 0 bridgehead atoms. The molecule has 10 heavy (non-hydrogen) atoms. The van der Waals surface area contributed by atoms with Gasteiger partial charge in [-0.2, -0.15) is 5.26 Å². The van der Waals surface area contributed by atoms with Gasteiger partial charge in [0.15, 0.2) is 0 Å². The second kappa shape index (κ2) is 3.33. The third kappa shape index (κ3) is 1.34. The van der Waals surface area contributed by atoms with Crippen LogP contribution in [0.3, 0.4) is 0 Å². The number of nitrogens with zero attached hydrogens (tertiary/aromatic N) is 2. The molecular formula is C7H8N2S. The first-order valence-corrected chi connectivity index (χ1v) is 4.05. The van der Waals surface area contributed by atoms with E-state index in [2.05, 4.69) is 11.1 Å². The van der Waals surface area contributed by atoms with E-state index >= 15 is 0 Å². The van der Waals surface area contributed by atoms with E-state index in [1.54, 1.807) is 17.5 Å². The molecule has 1 rings (SSSR count). The van der Waals surface area contributed by atoms with Gasteiger partial charge in [0.25, 0.3) is 0 Å². The molecular weight excluding hydrogens is 144 g/mol. The molecule has 0 aliphatic carbocycles. The summed E-state index contributed by atoms with van der Waals surface area (Å²) in [6, 6.07) is 2.20. The van der Waals surface area contributed by atoms with Crippen LogP contribution in [-0.4, -0.2) is 4.98 Å². The highest BCUT2D eigenvalue weighted by atomic mass is 32.1. The largest absolute Gasteiger partial charge is 0.248 e. The third-order valence-electron chi connectivity index (χ3n) is 1.31. The summed E-state index contributed by atoms with van der Waals surface area (Å²) in [7, 11) is 0. The van der Waals surface area contributed by atoms with Crippen molar-refractivity contribution in [3.8, 4) is 6.07 Å². The number of rotatable bonds is 2. The van der Waals surface area contributed by atoms with Crippen molar-refractivity contribution in [2.45, 2.75) is 19.3 Å². The van der Waals surface area contributed by atoms with Crippen molar-refractivity contribution in [1.82, 2.24) is 4.98 Å². The molecule has 1 aromatic rings. The first-order chi connectivity index (χ1) is 4.88. The molecule has 0 saturated heterocycles. The molecule has 1 unspecified atom stereocenters. The van der Waals surface area contributed by atoms with Gasteiger partial charge in [0, 0.05) is 11.6 Å². The van der Waals surface area contributed by atoms with Gasteiger partial charge in [-0.15, -0.1) is 11.3 Å². The maximum atomic E-state index is 8.61. The van der Waals surface area contributed by atoms with Crippen LogP contribution in [-0.2, 0) is 0 Å². The highest BCUT2D eigenvalue weighted by Gasteiger charge is 2.08. The number of hydrogen-bond donors (Lipinski definition) is 0. The molecule has 1 aromatic heterocycles. The molecule has 0 saturated carbocycles. The van der Waals surface area contributed by atoms with Crippen LogP contribution in [0.2, 0.25) is 0 Å². The van der Waals surface area contributed by atoms with Gasteiger partial charge in [0.2, 0.25) is 0 Å². The van der Waals surface area contributed by atoms with Gasteiger partial charge >= 0.3 is 0 Å². The molecule has 2 nitrogen and oxygen atoms in total. The fourth-order valence-electron chi connectivity index (χ4n) is 0.728. The molecule has 0 amide bonds. The van der Waals surface area contributed by atoms with Crippen LogP contribution >= 0.6 is 11.3 Å². The summed E-state index contributed by atoms with van der Waals surface area (Å²) in [5.41, 5.74) is 0. The minimum absolute atomic E-state index is 0.000000000000000444. The van der Waals surface area contributed by atoms with E-state index in [-0.39, 0.29) is 5.92 Å². The molecule has 0 aliphatic heterocycles. The van der Waals surface area contributed by atoms with Crippen molar-refractivity contribution in [3.05, 3.63) is 16.6 Å². The van der Waals surface area contributed by atoms with Gasteiger partial charge < -0.3 is 0 Å². The molecule has 0 aromatic carbocycles.